The maximum absolute atomic E-state index is 14.0. The van der Waals surface area contributed by atoms with Crippen LogP contribution < -0.4 is 4.74 Å². The molecule has 2 atom stereocenters. The molecule has 0 bridgehead atoms. The Kier molecular flexibility index (Phi) is 4.38. The van der Waals surface area contributed by atoms with Crippen molar-refractivity contribution in [3.05, 3.63) is 59.7 Å². The zero-order valence-electron chi connectivity index (χ0n) is 10.8. The van der Waals surface area contributed by atoms with Crippen LogP contribution in [0.15, 0.2) is 42.7 Å². The Morgan fingerprint density at radius 3 is 2.53 bits per heavy atom. The maximum Gasteiger partial charge on any atom is 0.131 e. The topological polar surface area (TPSA) is 22.1 Å². The van der Waals surface area contributed by atoms with Gasteiger partial charge in [-0.15, -0.1) is 11.6 Å². The van der Waals surface area contributed by atoms with Gasteiger partial charge in [-0.05, 0) is 29.8 Å². The van der Waals surface area contributed by atoms with E-state index in [1.807, 2.05) is 19.1 Å². The monoisotopic (exact) mass is 279 g/mol. The largest absolute Gasteiger partial charge is 0.496 e. The first kappa shape index (κ1) is 13.8. The Balaban J connectivity index is 2.37. The molecule has 0 aliphatic heterocycles. The van der Waals surface area contributed by atoms with Crippen LogP contribution in [0.3, 0.4) is 0 Å². The highest BCUT2D eigenvalue weighted by atomic mass is 35.5. The SMILES string of the molecule is COc1cccc(F)c1C(Cl)C(C)c1ccncc1. The number of pyridine rings is 1. The number of methoxy groups -OCH3 is 1. The van der Waals surface area contributed by atoms with Gasteiger partial charge in [0.15, 0.2) is 0 Å². The number of alkyl halides is 1. The highest BCUT2D eigenvalue weighted by molar-refractivity contribution is 6.21. The fourth-order valence-corrected chi connectivity index (χ4v) is 2.41. The summed E-state index contributed by atoms with van der Waals surface area (Å²) in [5.41, 5.74) is 1.41. The van der Waals surface area contributed by atoms with Crippen molar-refractivity contribution in [1.29, 1.82) is 0 Å². The van der Waals surface area contributed by atoms with Crippen molar-refractivity contribution in [3.63, 3.8) is 0 Å². The normalized spacial score (nSPS) is 13.9. The lowest BCUT2D eigenvalue weighted by Crippen LogP contribution is -2.07. The molecule has 2 rings (SSSR count). The molecule has 2 nitrogen and oxygen atoms in total. The van der Waals surface area contributed by atoms with Crippen LogP contribution in [0.2, 0.25) is 0 Å². The zero-order chi connectivity index (χ0) is 13.8. The van der Waals surface area contributed by atoms with Crippen LogP contribution in [0.4, 0.5) is 4.39 Å². The number of hydrogen-bond donors (Lipinski definition) is 0. The smallest absolute Gasteiger partial charge is 0.131 e. The van der Waals surface area contributed by atoms with Gasteiger partial charge in [-0.2, -0.15) is 0 Å². The molecule has 0 amide bonds. The van der Waals surface area contributed by atoms with Crippen molar-refractivity contribution in [2.45, 2.75) is 18.2 Å². The summed E-state index contributed by atoms with van der Waals surface area (Å²) in [4.78, 5) is 3.97. The summed E-state index contributed by atoms with van der Waals surface area (Å²) in [6, 6.07) is 8.48. The van der Waals surface area contributed by atoms with Crippen molar-refractivity contribution in [3.8, 4) is 5.75 Å². The van der Waals surface area contributed by atoms with Crippen molar-refractivity contribution in [1.82, 2.24) is 4.98 Å². The first-order valence-electron chi connectivity index (χ1n) is 6.01. The van der Waals surface area contributed by atoms with E-state index in [2.05, 4.69) is 4.98 Å². The standard InChI is InChI=1S/C15H15ClFNO/c1-10(11-6-8-18-9-7-11)15(16)14-12(17)4-3-5-13(14)19-2/h3-10,15H,1-2H3. The second kappa shape index (κ2) is 6.02. The number of rotatable bonds is 4. The molecular formula is C15H15ClFNO. The number of hydrogen-bond acceptors (Lipinski definition) is 2. The minimum Gasteiger partial charge on any atom is -0.496 e. The van der Waals surface area contributed by atoms with Gasteiger partial charge in [0, 0.05) is 23.9 Å². The molecule has 0 saturated heterocycles. The van der Waals surface area contributed by atoms with E-state index in [1.54, 1.807) is 24.5 Å². The molecule has 100 valence electrons. The van der Waals surface area contributed by atoms with Crippen molar-refractivity contribution in [2.75, 3.05) is 7.11 Å². The molecule has 1 aromatic carbocycles. The number of benzene rings is 1. The lowest BCUT2D eigenvalue weighted by molar-refractivity contribution is 0.401. The summed E-state index contributed by atoms with van der Waals surface area (Å²) in [6.07, 6.45) is 3.40. The van der Waals surface area contributed by atoms with E-state index in [9.17, 15) is 4.39 Å². The fourth-order valence-electron chi connectivity index (χ4n) is 2.05. The van der Waals surface area contributed by atoms with E-state index >= 15 is 0 Å². The second-order valence-corrected chi connectivity index (χ2v) is 4.80. The molecule has 0 fully saturated rings. The number of aromatic nitrogens is 1. The van der Waals surface area contributed by atoms with E-state index in [1.165, 1.54) is 13.2 Å². The average Bonchev–Trinajstić information content (AvgIpc) is 2.46. The van der Waals surface area contributed by atoms with Gasteiger partial charge in [0.2, 0.25) is 0 Å². The molecule has 19 heavy (non-hydrogen) atoms. The van der Waals surface area contributed by atoms with E-state index in [4.69, 9.17) is 16.3 Å². The Morgan fingerprint density at radius 2 is 1.89 bits per heavy atom. The molecule has 1 heterocycles. The highest BCUT2D eigenvalue weighted by Crippen LogP contribution is 2.41. The quantitative estimate of drug-likeness (QED) is 0.778. The third-order valence-electron chi connectivity index (χ3n) is 3.18. The van der Waals surface area contributed by atoms with Gasteiger partial charge in [-0.25, -0.2) is 4.39 Å². The van der Waals surface area contributed by atoms with Gasteiger partial charge in [0.1, 0.15) is 11.6 Å². The molecule has 2 aromatic rings. The average molecular weight is 280 g/mol. The van der Waals surface area contributed by atoms with Crippen LogP contribution in [-0.2, 0) is 0 Å². The Morgan fingerprint density at radius 1 is 1.21 bits per heavy atom. The van der Waals surface area contributed by atoms with E-state index in [0.29, 0.717) is 11.3 Å². The molecular weight excluding hydrogens is 265 g/mol. The molecule has 0 aliphatic rings. The molecule has 0 aliphatic carbocycles. The molecule has 1 aromatic heterocycles. The number of halogens is 2. The van der Waals surface area contributed by atoms with Gasteiger partial charge in [-0.3, -0.25) is 4.98 Å². The van der Waals surface area contributed by atoms with E-state index < -0.39 is 5.38 Å². The lowest BCUT2D eigenvalue weighted by atomic mass is 9.93. The Bertz CT molecular complexity index is 547. The van der Waals surface area contributed by atoms with E-state index in [-0.39, 0.29) is 11.7 Å². The highest BCUT2D eigenvalue weighted by Gasteiger charge is 2.24. The van der Waals surface area contributed by atoms with Gasteiger partial charge < -0.3 is 4.74 Å². The first-order valence-corrected chi connectivity index (χ1v) is 6.45. The van der Waals surface area contributed by atoms with Crippen molar-refractivity contribution >= 4 is 11.6 Å². The molecule has 0 spiro atoms. The summed E-state index contributed by atoms with van der Waals surface area (Å²) in [5.74, 6) is 0.0802. The molecule has 2 unspecified atom stereocenters. The van der Waals surface area contributed by atoms with Crippen LogP contribution in [-0.4, -0.2) is 12.1 Å². The summed E-state index contributed by atoms with van der Waals surface area (Å²) >= 11 is 6.44. The summed E-state index contributed by atoms with van der Waals surface area (Å²) in [7, 11) is 1.51. The minimum atomic E-state index is -0.501. The van der Waals surface area contributed by atoms with Gasteiger partial charge >= 0.3 is 0 Å². The Hall–Kier alpha value is -1.61. The summed E-state index contributed by atoms with van der Waals surface area (Å²) in [5, 5.41) is -0.501. The van der Waals surface area contributed by atoms with Gasteiger partial charge in [0.25, 0.3) is 0 Å². The molecule has 0 N–H and O–H groups in total. The third-order valence-corrected chi connectivity index (χ3v) is 3.78. The molecule has 0 radical (unpaired) electrons. The summed E-state index contributed by atoms with van der Waals surface area (Å²) in [6.45, 7) is 1.96. The maximum atomic E-state index is 14.0. The second-order valence-electron chi connectivity index (χ2n) is 4.33. The number of nitrogens with zero attached hydrogens (tertiary/aromatic N) is 1. The predicted molar refractivity (Wildman–Crippen MR) is 74.2 cm³/mol. The fraction of sp³-hybridized carbons (Fsp3) is 0.267. The van der Waals surface area contributed by atoms with Crippen LogP contribution >= 0.6 is 11.6 Å². The lowest BCUT2D eigenvalue weighted by Gasteiger charge is -2.21. The first-order chi connectivity index (χ1) is 9.15. The van der Waals surface area contributed by atoms with Crippen molar-refractivity contribution in [2.24, 2.45) is 0 Å². The number of ether oxygens (including phenoxy) is 1. The zero-order valence-corrected chi connectivity index (χ0v) is 11.6. The third kappa shape index (κ3) is 2.87. The Labute approximate surface area is 117 Å². The van der Waals surface area contributed by atoms with E-state index in [0.717, 1.165) is 5.56 Å². The van der Waals surface area contributed by atoms with Gasteiger partial charge in [0.05, 0.1) is 12.5 Å². The predicted octanol–water partition coefficient (Wildman–Crippen LogP) is 4.31. The van der Waals surface area contributed by atoms with Crippen LogP contribution in [0.5, 0.6) is 5.75 Å². The van der Waals surface area contributed by atoms with Gasteiger partial charge in [-0.1, -0.05) is 13.0 Å². The van der Waals surface area contributed by atoms with Crippen LogP contribution in [0.1, 0.15) is 29.3 Å². The molecule has 4 heteroatoms. The molecule has 0 saturated carbocycles. The minimum absolute atomic E-state index is 0.0459. The van der Waals surface area contributed by atoms with Crippen molar-refractivity contribution < 1.29 is 9.13 Å². The van der Waals surface area contributed by atoms with Crippen LogP contribution in [0.25, 0.3) is 0 Å². The summed E-state index contributed by atoms with van der Waals surface area (Å²) < 4.78 is 19.2. The van der Waals surface area contributed by atoms with Crippen LogP contribution in [0, 0.1) is 5.82 Å².